The van der Waals surface area contributed by atoms with Gasteiger partial charge in [-0.15, -0.1) is 5.10 Å². The number of aromatic amines is 1. The SMILES string of the molecule is CCCNC(=O)CN1CCN(C(=O)c2n[nH]c(C)n2)CC1. The van der Waals surface area contributed by atoms with Crippen LogP contribution in [0, 0.1) is 6.92 Å². The fourth-order valence-electron chi connectivity index (χ4n) is 2.21. The van der Waals surface area contributed by atoms with Crippen LogP contribution in [0.1, 0.15) is 29.8 Å². The van der Waals surface area contributed by atoms with Gasteiger partial charge in [-0.2, -0.15) is 0 Å². The van der Waals surface area contributed by atoms with Crippen LogP contribution in [-0.2, 0) is 4.79 Å². The number of aromatic nitrogens is 3. The Kier molecular flexibility index (Phi) is 5.26. The molecule has 21 heavy (non-hydrogen) atoms. The second-order valence-electron chi connectivity index (χ2n) is 5.16. The first-order chi connectivity index (χ1) is 10.1. The summed E-state index contributed by atoms with van der Waals surface area (Å²) in [5, 5.41) is 9.42. The Morgan fingerprint density at radius 3 is 2.57 bits per heavy atom. The maximum Gasteiger partial charge on any atom is 0.293 e. The Morgan fingerprint density at radius 2 is 2.00 bits per heavy atom. The number of piperazine rings is 1. The molecule has 0 bridgehead atoms. The number of hydrogen-bond donors (Lipinski definition) is 2. The molecule has 1 aromatic rings. The summed E-state index contributed by atoms with van der Waals surface area (Å²) in [6, 6.07) is 0. The lowest BCUT2D eigenvalue weighted by atomic mass is 10.3. The molecule has 0 atom stereocenters. The number of hydrogen-bond acceptors (Lipinski definition) is 5. The molecule has 0 unspecified atom stereocenters. The first-order valence-corrected chi connectivity index (χ1v) is 7.27. The van der Waals surface area contributed by atoms with Crippen molar-refractivity contribution in [1.29, 1.82) is 0 Å². The summed E-state index contributed by atoms with van der Waals surface area (Å²) in [4.78, 5) is 31.6. The number of amides is 2. The van der Waals surface area contributed by atoms with Gasteiger partial charge < -0.3 is 10.2 Å². The molecule has 2 heterocycles. The van der Waals surface area contributed by atoms with E-state index in [2.05, 4.69) is 25.4 Å². The normalized spacial score (nSPS) is 16.0. The minimum Gasteiger partial charge on any atom is -0.355 e. The zero-order valence-electron chi connectivity index (χ0n) is 12.6. The van der Waals surface area contributed by atoms with E-state index in [-0.39, 0.29) is 17.6 Å². The lowest BCUT2D eigenvalue weighted by Crippen LogP contribution is -2.51. The van der Waals surface area contributed by atoms with E-state index in [0.717, 1.165) is 6.42 Å². The van der Waals surface area contributed by atoms with Crippen LogP contribution < -0.4 is 5.32 Å². The van der Waals surface area contributed by atoms with Gasteiger partial charge in [-0.05, 0) is 13.3 Å². The number of rotatable bonds is 5. The Labute approximate surface area is 123 Å². The molecule has 8 heteroatoms. The summed E-state index contributed by atoms with van der Waals surface area (Å²) in [7, 11) is 0. The zero-order valence-corrected chi connectivity index (χ0v) is 12.6. The molecule has 8 nitrogen and oxygen atoms in total. The lowest BCUT2D eigenvalue weighted by Gasteiger charge is -2.33. The molecular formula is C13H22N6O2. The molecule has 116 valence electrons. The van der Waals surface area contributed by atoms with Gasteiger partial charge in [0.25, 0.3) is 5.91 Å². The van der Waals surface area contributed by atoms with Crippen molar-refractivity contribution in [2.45, 2.75) is 20.3 Å². The first kappa shape index (κ1) is 15.4. The average molecular weight is 294 g/mol. The molecule has 2 N–H and O–H groups in total. The number of aryl methyl sites for hydroxylation is 1. The van der Waals surface area contributed by atoms with Gasteiger partial charge in [0, 0.05) is 32.7 Å². The Hall–Kier alpha value is -1.96. The van der Waals surface area contributed by atoms with Crippen molar-refractivity contribution in [3.05, 3.63) is 11.6 Å². The number of carbonyl (C=O) groups is 2. The van der Waals surface area contributed by atoms with Gasteiger partial charge >= 0.3 is 0 Å². The minimum absolute atomic E-state index is 0.0428. The molecule has 0 aliphatic carbocycles. The van der Waals surface area contributed by atoms with Crippen molar-refractivity contribution >= 4 is 11.8 Å². The summed E-state index contributed by atoms with van der Waals surface area (Å²) in [5.74, 6) is 0.724. The van der Waals surface area contributed by atoms with Crippen LogP contribution >= 0.6 is 0 Å². The summed E-state index contributed by atoms with van der Waals surface area (Å²) < 4.78 is 0. The fourth-order valence-corrected chi connectivity index (χ4v) is 2.21. The van der Waals surface area contributed by atoms with Gasteiger partial charge in [0.1, 0.15) is 5.82 Å². The van der Waals surface area contributed by atoms with Gasteiger partial charge in [-0.3, -0.25) is 19.6 Å². The highest BCUT2D eigenvalue weighted by Crippen LogP contribution is 2.05. The third kappa shape index (κ3) is 4.25. The topological polar surface area (TPSA) is 94.2 Å². The van der Waals surface area contributed by atoms with E-state index in [4.69, 9.17) is 0 Å². The standard InChI is InChI=1S/C13H22N6O2/c1-3-4-14-11(20)9-18-5-7-19(8-6-18)13(21)12-15-10(2)16-17-12/h3-9H2,1-2H3,(H,14,20)(H,15,16,17). The van der Waals surface area contributed by atoms with Crippen LogP contribution in [0.5, 0.6) is 0 Å². The Balaban J connectivity index is 1.78. The highest BCUT2D eigenvalue weighted by molar-refractivity contribution is 5.90. The summed E-state index contributed by atoms with van der Waals surface area (Å²) in [6.07, 6.45) is 0.935. The molecular weight excluding hydrogens is 272 g/mol. The van der Waals surface area contributed by atoms with Gasteiger partial charge in [-0.25, -0.2) is 4.98 Å². The van der Waals surface area contributed by atoms with E-state index in [1.165, 1.54) is 0 Å². The molecule has 1 fully saturated rings. The second kappa shape index (κ2) is 7.16. The molecule has 2 rings (SSSR count). The van der Waals surface area contributed by atoms with Crippen LogP contribution in [0.25, 0.3) is 0 Å². The van der Waals surface area contributed by atoms with E-state index in [9.17, 15) is 9.59 Å². The van der Waals surface area contributed by atoms with Crippen molar-refractivity contribution in [2.24, 2.45) is 0 Å². The van der Waals surface area contributed by atoms with Gasteiger partial charge in [0.2, 0.25) is 11.7 Å². The molecule has 0 spiro atoms. The number of nitrogens with zero attached hydrogens (tertiary/aromatic N) is 4. The molecule has 2 amide bonds. The third-order valence-corrected chi connectivity index (χ3v) is 3.39. The van der Waals surface area contributed by atoms with Crippen molar-refractivity contribution in [1.82, 2.24) is 30.3 Å². The van der Waals surface area contributed by atoms with Crippen LogP contribution in [0.15, 0.2) is 0 Å². The predicted molar refractivity (Wildman–Crippen MR) is 76.8 cm³/mol. The van der Waals surface area contributed by atoms with Crippen molar-refractivity contribution in [3.63, 3.8) is 0 Å². The highest BCUT2D eigenvalue weighted by atomic mass is 16.2. The molecule has 1 aliphatic rings. The maximum atomic E-state index is 12.2. The Morgan fingerprint density at radius 1 is 1.29 bits per heavy atom. The number of carbonyl (C=O) groups excluding carboxylic acids is 2. The van der Waals surface area contributed by atoms with Crippen LogP contribution in [0.2, 0.25) is 0 Å². The summed E-state index contributed by atoms with van der Waals surface area (Å²) >= 11 is 0. The van der Waals surface area contributed by atoms with Crippen molar-refractivity contribution in [3.8, 4) is 0 Å². The first-order valence-electron chi connectivity index (χ1n) is 7.27. The third-order valence-electron chi connectivity index (χ3n) is 3.39. The second-order valence-corrected chi connectivity index (χ2v) is 5.16. The predicted octanol–water partition coefficient (Wildman–Crippen LogP) is -0.603. The Bertz CT molecular complexity index is 493. The molecule has 1 saturated heterocycles. The van der Waals surface area contributed by atoms with E-state index < -0.39 is 0 Å². The van der Waals surface area contributed by atoms with Gasteiger partial charge in [0.15, 0.2) is 0 Å². The van der Waals surface area contributed by atoms with E-state index in [0.29, 0.717) is 45.1 Å². The van der Waals surface area contributed by atoms with Crippen molar-refractivity contribution in [2.75, 3.05) is 39.3 Å². The quantitative estimate of drug-likeness (QED) is 0.756. The smallest absolute Gasteiger partial charge is 0.293 e. The molecule has 0 aromatic carbocycles. The van der Waals surface area contributed by atoms with E-state index in [1.54, 1.807) is 11.8 Å². The minimum atomic E-state index is -0.158. The van der Waals surface area contributed by atoms with E-state index >= 15 is 0 Å². The largest absolute Gasteiger partial charge is 0.355 e. The number of H-pyrrole nitrogens is 1. The monoisotopic (exact) mass is 294 g/mol. The molecule has 1 aromatic heterocycles. The lowest BCUT2D eigenvalue weighted by molar-refractivity contribution is -0.122. The summed E-state index contributed by atoms with van der Waals surface area (Å²) in [5.41, 5.74) is 0. The molecule has 1 aliphatic heterocycles. The van der Waals surface area contributed by atoms with Crippen LogP contribution in [0.4, 0.5) is 0 Å². The number of nitrogens with one attached hydrogen (secondary N) is 2. The highest BCUT2D eigenvalue weighted by Gasteiger charge is 2.25. The van der Waals surface area contributed by atoms with Gasteiger partial charge in [0.05, 0.1) is 6.54 Å². The summed E-state index contributed by atoms with van der Waals surface area (Å²) in [6.45, 7) is 7.44. The fraction of sp³-hybridized carbons (Fsp3) is 0.692. The average Bonchev–Trinajstić information content (AvgIpc) is 2.92. The van der Waals surface area contributed by atoms with E-state index in [1.807, 2.05) is 6.92 Å². The zero-order chi connectivity index (χ0) is 15.2. The molecule has 0 radical (unpaired) electrons. The van der Waals surface area contributed by atoms with Gasteiger partial charge in [-0.1, -0.05) is 6.92 Å². The molecule has 0 saturated carbocycles. The van der Waals surface area contributed by atoms with Crippen LogP contribution in [-0.4, -0.2) is 76.1 Å². The van der Waals surface area contributed by atoms with Crippen molar-refractivity contribution < 1.29 is 9.59 Å². The maximum absolute atomic E-state index is 12.2. The van der Waals surface area contributed by atoms with Crippen LogP contribution in [0.3, 0.4) is 0 Å².